The van der Waals surface area contributed by atoms with Crippen molar-refractivity contribution in [1.29, 1.82) is 0 Å². The van der Waals surface area contributed by atoms with Gasteiger partial charge in [-0.15, -0.1) is 0 Å². The Labute approximate surface area is 171 Å². The predicted octanol–water partition coefficient (Wildman–Crippen LogP) is 3.04. The Morgan fingerprint density at radius 3 is 2.69 bits per heavy atom. The van der Waals surface area contributed by atoms with Gasteiger partial charge in [0.25, 0.3) is 0 Å². The van der Waals surface area contributed by atoms with Crippen LogP contribution in [0, 0.1) is 5.92 Å². The van der Waals surface area contributed by atoms with Gasteiger partial charge in [-0.25, -0.2) is 22.9 Å². The first kappa shape index (κ1) is 21.6. The van der Waals surface area contributed by atoms with Crippen LogP contribution in [0.25, 0.3) is 11.0 Å². The lowest BCUT2D eigenvalue weighted by molar-refractivity contribution is 0.0378. The molecule has 9 heteroatoms. The van der Waals surface area contributed by atoms with Gasteiger partial charge in [-0.2, -0.15) is 0 Å². The monoisotopic (exact) mass is 422 g/mol. The highest BCUT2D eigenvalue weighted by Gasteiger charge is 2.34. The summed E-state index contributed by atoms with van der Waals surface area (Å²) in [5.74, 6) is -0.115. The van der Waals surface area contributed by atoms with Gasteiger partial charge >= 0.3 is 5.97 Å². The van der Waals surface area contributed by atoms with Gasteiger partial charge in [-0.3, -0.25) is 0 Å². The summed E-state index contributed by atoms with van der Waals surface area (Å²) in [6.45, 7) is 5.75. The van der Waals surface area contributed by atoms with E-state index in [1.54, 1.807) is 12.4 Å². The fraction of sp³-hybridized carbons (Fsp3) is 0.600. The molecular weight excluding hydrogens is 392 g/mol. The molecule has 160 valence electrons. The minimum Gasteiger partial charge on any atom is -0.459 e. The Bertz CT molecular complexity index is 976. The number of pyridine rings is 1. The summed E-state index contributed by atoms with van der Waals surface area (Å²) in [5.41, 5.74) is 1.57. The molecule has 0 bridgehead atoms. The van der Waals surface area contributed by atoms with E-state index in [0.717, 1.165) is 31.1 Å². The molecule has 1 aliphatic carbocycles. The number of H-pyrrole nitrogens is 1. The lowest BCUT2D eigenvalue weighted by Crippen LogP contribution is -2.41. The molecule has 1 fully saturated rings. The van der Waals surface area contributed by atoms with Crippen molar-refractivity contribution < 1.29 is 17.9 Å². The number of sulfonamides is 1. The van der Waals surface area contributed by atoms with Crippen LogP contribution in [-0.4, -0.2) is 48.8 Å². The molecule has 2 aromatic rings. The van der Waals surface area contributed by atoms with Crippen molar-refractivity contribution in [1.82, 2.24) is 14.7 Å². The lowest BCUT2D eigenvalue weighted by atomic mass is 9.78. The summed E-state index contributed by atoms with van der Waals surface area (Å²) in [6, 6.07) is 1.89. The van der Waals surface area contributed by atoms with Gasteiger partial charge in [0.1, 0.15) is 11.2 Å². The first-order chi connectivity index (χ1) is 13.6. The zero-order valence-electron chi connectivity index (χ0n) is 17.4. The molecule has 2 heterocycles. The number of rotatable bonds is 7. The third-order valence-electron chi connectivity index (χ3n) is 5.55. The fourth-order valence-electron chi connectivity index (χ4n) is 3.88. The maximum Gasteiger partial charge on any atom is 0.342 e. The van der Waals surface area contributed by atoms with Gasteiger partial charge in [0, 0.05) is 23.3 Å². The number of fused-ring (bicyclic) bond motifs is 1. The van der Waals surface area contributed by atoms with Crippen molar-refractivity contribution >= 4 is 32.7 Å². The molecule has 1 saturated carbocycles. The van der Waals surface area contributed by atoms with Gasteiger partial charge in [0.2, 0.25) is 10.0 Å². The van der Waals surface area contributed by atoms with Crippen molar-refractivity contribution in [3.63, 3.8) is 0 Å². The summed E-state index contributed by atoms with van der Waals surface area (Å²) in [4.78, 5) is 20.1. The molecule has 8 nitrogen and oxygen atoms in total. The second kappa shape index (κ2) is 8.31. The van der Waals surface area contributed by atoms with Gasteiger partial charge in [-0.05, 0) is 65.5 Å². The molecule has 0 spiro atoms. The fourth-order valence-corrected chi connectivity index (χ4v) is 5.00. The van der Waals surface area contributed by atoms with Crippen LogP contribution in [0.5, 0.6) is 0 Å². The van der Waals surface area contributed by atoms with Crippen LogP contribution in [0.2, 0.25) is 0 Å². The zero-order valence-corrected chi connectivity index (χ0v) is 18.2. The molecule has 0 amide bonds. The SMILES string of the molecule is CNS(=O)(=O)CC1CCC(C)(Nc2c(C(=O)OC(C)C)cnc3[nH]ccc23)CC1. The molecule has 0 saturated heterocycles. The van der Waals surface area contributed by atoms with E-state index in [1.807, 2.05) is 19.9 Å². The average molecular weight is 423 g/mol. The number of nitrogens with one attached hydrogen (secondary N) is 3. The number of aromatic nitrogens is 2. The molecule has 29 heavy (non-hydrogen) atoms. The average Bonchev–Trinajstić information content (AvgIpc) is 3.12. The number of hydrogen-bond donors (Lipinski definition) is 3. The molecule has 0 aromatic carbocycles. The maximum absolute atomic E-state index is 12.6. The number of esters is 1. The Hall–Kier alpha value is -2.13. The summed E-state index contributed by atoms with van der Waals surface area (Å²) < 4.78 is 31.5. The number of aromatic amines is 1. The molecular formula is C20H30N4O4S. The molecule has 0 unspecified atom stereocenters. The van der Waals surface area contributed by atoms with E-state index >= 15 is 0 Å². The van der Waals surface area contributed by atoms with Crippen LogP contribution in [0.1, 0.15) is 56.8 Å². The zero-order chi connectivity index (χ0) is 21.2. The van der Waals surface area contributed by atoms with Gasteiger partial charge in [-0.1, -0.05) is 0 Å². The second-order valence-electron chi connectivity index (χ2n) is 8.36. The van der Waals surface area contributed by atoms with E-state index in [1.165, 1.54) is 7.05 Å². The van der Waals surface area contributed by atoms with Crippen LogP contribution >= 0.6 is 0 Å². The largest absolute Gasteiger partial charge is 0.459 e. The number of carbonyl (C=O) groups is 1. The van der Waals surface area contributed by atoms with E-state index in [0.29, 0.717) is 16.9 Å². The molecule has 3 rings (SSSR count). The van der Waals surface area contributed by atoms with Gasteiger partial charge in [0.05, 0.1) is 17.5 Å². The van der Waals surface area contributed by atoms with E-state index in [2.05, 4.69) is 26.9 Å². The Kier molecular flexibility index (Phi) is 6.19. The number of nitrogens with zero attached hydrogens (tertiary/aromatic N) is 1. The normalized spacial score (nSPS) is 22.7. The van der Waals surface area contributed by atoms with E-state index < -0.39 is 16.0 Å². The molecule has 1 aliphatic rings. The first-order valence-corrected chi connectivity index (χ1v) is 11.6. The predicted molar refractivity (Wildman–Crippen MR) is 113 cm³/mol. The maximum atomic E-state index is 12.6. The highest BCUT2D eigenvalue weighted by molar-refractivity contribution is 7.89. The highest BCUT2D eigenvalue weighted by Crippen LogP contribution is 2.38. The lowest BCUT2D eigenvalue weighted by Gasteiger charge is -2.39. The number of anilines is 1. The van der Waals surface area contributed by atoms with Crippen LogP contribution in [-0.2, 0) is 14.8 Å². The van der Waals surface area contributed by atoms with Crippen molar-refractivity contribution in [2.75, 3.05) is 18.1 Å². The Balaban J connectivity index is 1.82. The molecule has 3 N–H and O–H groups in total. The van der Waals surface area contributed by atoms with Gasteiger partial charge in [0.15, 0.2) is 0 Å². The summed E-state index contributed by atoms with van der Waals surface area (Å²) in [6.07, 6.45) is 6.34. The molecule has 2 aromatic heterocycles. The van der Waals surface area contributed by atoms with Crippen LogP contribution < -0.4 is 10.0 Å². The van der Waals surface area contributed by atoms with Crippen LogP contribution in [0.3, 0.4) is 0 Å². The minimum absolute atomic E-state index is 0.136. The number of hydrogen-bond acceptors (Lipinski definition) is 6. The van der Waals surface area contributed by atoms with E-state index in [4.69, 9.17) is 4.74 Å². The summed E-state index contributed by atoms with van der Waals surface area (Å²) in [5, 5.41) is 4.42. The molecule has 0 atom stereocenters. The van der Waals surface area contributed by atoms with Crippen molar-refractivity contribution in [3.8, 4) is 0 Å². The number of ether oxygens (including phenoxy) is 1. The third-order valence-corrected chi connectivity index (χ3v) is 7.08. The summed E-state index contributed by atoms with van der Waals surface area (Å²) >= 11 is 0. The number of carbonyl (C=O) groups excluding carboxylic acids is 1. The first-order valence-electron chi connectivity index (χ1n) is 9.99. The van der Waals surface area contributed by atoms with Crippen molar-refractivity contribution in [2.24, 2.45) is 5.92 Å². The molecule has 0 radical (unpaired) electrons. The Morgan fingerprint density at radius 2 is 2.07 bits per heavy atom. The van der Waals surface area contributed by atoms with Crippen molar-refractivity contribution in [3.05, 3.63) is 24.0 Å². The topological polar surface area (TPSA) is 113 Å². The quantitative estimate of drug-likeness (QED) is 0.591. The summed E-state index contributed by atoms with van der Waals surface area (Å²) in [7, 11) is -1.76. The van der Waals surface area contributed by atoms with E-state index in [9.17, 15) is 13.2 Å². The molecule has 0 aliphatic heterocycles. The van der Waals surface area contributed by atoms with Crippen molar-refractivity contribution in [2.45, 2.75) is 58.1 Å². The van der Waals surface area contributed by atoms with Crippen LogP contribution in [0.15, 0.2) is 18.5 Å². The smallest absolute Gasteiger partial charge is 0.342 e. The third kappa shape index (κ3) is 5.08. The van der Waals surface area contributed by atoms with E-state index in [-0.39, 0.29) is 23.3 Å². The second-order valence-corrected chi connectivity index (χ2v) is 10.3. The Morgan fingerprint density at radius 1 is 1.38 bits per heavy atom. The standard InChI is InChI=1S/C20H30N4O4S/c1-13(2)28-19(25)16-11-23-18-15(7-10-22-18)17(16)24-20(3)8-5-14(6-9-20)12-29(26,27)21-4/h7,10-11,13-14,21H,5-6,8-9,12H2,1-4H3,(H2,22,23,24). The van der Waals surface area contributed by atoms with Gasteiger partial charge < -0.3 is 15.0 Å². The van der Waals surface area contributed by atoms with Crippen LogP contribution in [0.4, 0.5) is 5.69 Å². The highest BCUT2D eigenvalue weighted by atomic mass is 32.2. The minimum atomic E-state index is -3.21.